The van der Waals surface area contributed by atoms with E-state index in [1.54, 1.807) is 22.7 Å². The molecule has 0 N–H and O–H groups in total. The molecule has 0 bridgehead atoms. The van der Waals surface area contributed by atoms with Crippen LogP contribution in [0.4, 0.5) is 0 Å². The van der Waals surface area contributed by atoms with Crippen LogP contribution >= 0.6 is 56.7 Å². The fraction of sp³-hybridized carbons (Fsp3) is 0. The molecule has 254 valence electrons. The summed E-state index contributed by atoms with van der Waals surface area (Å²) in [6, 6.07) is 57.9. The van der Waals surface area contributed by atoms with Gasteiger partial charge in [-0.15, -0.1) is 56.7 Å². The van der Waals surface area contributed by atoms with Crippen LogP contribution in [-0.2, 0) is 0 Å². The first-order chi connectivity index (χ1) is 26.1. The van der Waals surface area contributed by atoms with Gasteiger partial charge < -0.3 is 0 Å². The van der Waals surface area contributed by atoms with Crippen molar-refractivity contribution >= 4 is 68.8 Å². The van der Waals surface area contributed by atoms with Gasteiger partial charge in [-0.3, -0.25) is 0 Å². The lowest BCUT2D eigenvalue weighted by atomic mass is 10.1. The topological polar surface area (TPSA) is 0 Å². The van der Waals surface area contributed by atoms with Crippen molar-refractivity contribution in [2.24, 2.45) is 0 Å². The van der Waals surface area contributed by atoms with E-state index in [-0.39, 0.29) is 0 Å². The van der Waals surface area contributed by atoms with E-state index in [2.05, 4.69) is 171 Å². The smallest absolute Gasteiger partial charge is 0.0349 e. The summed E-state index contributed by atoms with van der Waals surface area (Å²) in [7, 11) is 0. The molecule has 9 rings (SSSR count). The second-order valence-corrected chi connectivity index (χ2v) is 18.1. The van der Waals surface area contributed by atoms with Crippen molar-refractivity contribution in [3.63, 3.8) is 0 Å². The molecule has 53 heavy (non-hydrogen) atoms. The zero-order chi connectivity index (χ0) is 35.7. The number of thiophene rings is 5. The molecule has 0 amide bonds. The zero-order valence-electron chi connectivity index (χ0n) is 28.6. The van der Waals surface area contributed by atoms with Crippen LogP contribution in [0.15, 0.2) is 171 Å². The molecule has 5 heteroatoms. The Balaban J connectivity index is 0.852. The van der Waals surface area contributed by atoms with Crippen molar-refractivity contribution in [2.45, 2.75) is 0 Å². The van der Waals surface area contributed by atoms with Crippen LogP contribution in [0.1, 0.15) is 9.75 Å². The van der Waals surface area contributed by atoms with Gasteiger partial charge >= 0.3 is 0 Å². The lowest BCUT2D eigenvalue weighted by molar-refractivity contribution is 1.68. The fourth-order valence-corrected chi connectivity index (χ4v) is 11.2. The third-order valence-corrected chi connectivity index (χ3v) is 15.1. The molecule has 0 unspecified atom stereocenters. The summed E-state index contributed by atoms with van der Waals surface area (Å²) in [4.78, 5) is 12.6. The molecular formula is C48H32S5. The molecule has 0 aliphatic rings. The maximum absolute atomic E-state index is 3.89. The Bertz CT molecular complexity index is 2480. The first-order valence-electron chi connectivity index (χ1n) is 17.3. The number of benzene rings is 4. The van der Waals surface area contributed by atoms with E-state index in [4.69, 9.17) is 0 Å². The van der Waals surface area contributed by atoms with Crippen molar-refractivity contribution in [3.05, 3.63) is 181 Å². The van der Waals surface area contributed by atoms with E-state index in [9.17, 15) is 0 Å². The minimum Gasteiger partial charge on any atom is -0.136 e. The normalized spacial score (nSPS) is 11.2. The highest BCUT2D eigenvalue weighted by Gasteiger charge is 2.11. The quantitative estimate of drug-likeness (QED) is 0.130. The summed E-state index contributed by atoms with van der Waals surface area (Å²) in [5.41, 5.74) is 9.99. The Morgan fingerprint density at radius 1 is 0.226 bits per heavy atom. The third kappa shape index (κ3) is 7.03. The van der Waals surface area contributed by atoms with Gasteiger partial charge in [0.15, 0.2) is 0 Å². The molecule has 9 aromatic rings. The van der Waals surface area contributed by atoms with Gasteiger partial charge in [0.05, 0.1) is 0 Å². The summed E-state index contributed by atoms with van der Waals surface area (Å²) in [5.74, 6) is 0. The predicted molar refractivity (Wildman–Crippen MR) is 239 cm³/mol. The van der Waals surface area contributed by atoms with Crippen LogP contribution in [0.25, 0.3) is 95.7 Å². The van der Waals surface area contributed by atoms with Gasteiger partial charge in [-0.2, -0.15) is 0 Å². The molecule has 0 spiro atoms. The molecule has 5 aromatic heterocycles. The van der Waals surface area contributed by atoms with Crippen LogP contribution in [-0.4, -0.2) is 0 Å². The van der Waals surface area contributed by atoms with Crippen LogP contribution in [0.3, 0.4) is 0 Å². The summed E-state index contributed by atoms with van der Waals surface area (Å²) in [6.45, 7) is 7.78. The van der Waals surface area contributed by atoms with E-state index in [1.807, 2.05) is 46.2 Å². The summed E-state index contributed by atoms with van der Waals surface area (Å²) in [5, 5.41) is 0. The highest BCUT2D eigenvalue weighted by atomic mass is 32.1. The predicted octanol–water partition coefficient (Wildman–Crippen LogP) is 16.6. The molecule has 0 fully saturated rings. The first kappa shape index (κ1) is 33.7. The minimum absolute atomic E-state index is 1.20. The Hall–Kier alpha value is -5.14. The van der Waals surface area contributed by atoms with E-state index >= 15 is 0 Å². The van der Waals surface area contributed by atoms with Gasteiger partial charge in [-0.25, -0.2) is 0 Å². The second kappa shape index (κ2) is 14.7. The van der Waals surface area contributed by atoms with E-state index < -0.39 is 0 Å². The molecule has 0 saturated carbocycles. The SMILES string of the molecule is C=Cc1ccc(-c2ccc(-c3ccc(-c4ccc(-c5ccc(-c6ccc(-c7ccc(-c8ccc(-c9ccc(C=C)s9)cc8)s7)cc6)s5)cc4)s3)cc2)s1. The minimum atomic E-state index is 1.20. The highest BCUT2D eigenvalue weighted by Crippen LogP contribution is 2.41. The first-order valence-corrected chi connectivity index (χ1v) is 21.4. The van der Waals surface area contributed by atoms with Crippen molar-refractivity contribution < 1.29 is 0 Å². The van der Waals surface area contributed by atoms with Gasteiger partial charge in [0, 0.05) is 48.8 Å². The van der Waals surface area contributed by atoms with Crippen LogP contribution < -0.4 is 0 Å². The van der Waals surface area contributed by atoms with Gasteiger partial charge in [0.25, 0.3) is 0 Å². The number of hydrogen-bond donors (Lipinski definition) is 0. The average molecular weight is 769 g/mol. The highest BCUT2D eigenvalue weighted by molar-refractivity contribution is 7.19. The van der Waals surface area contributed by atoms with E-state index in [0.717, 1.165) is 0 Å². The lowest BCUT2D eigenvalue weighted by Gasteiger charge is -2.03. The average Bonchev–Trinajstić information content (AvgIpc) is 4.08. The van der Waals surface area contributed by atoms with Crippen LogP contribution in [0.2, 0.25) is 0 Å². The zero-order valence-corrected chi connectivity index (χ0v) is 32.7. The van der Waals surface area contributed by atoms with Crippen molar-refractivity contribution in [2.75, 3.05) is 0 Å². The summed E-state index contributed by atoms with van der Waals surface area (Å²) in [6.07, 6.45) is 3.82. The van der Waals surface area contributed by atoms with Gasteiger partial charge in [0.2, 0.25) is 0 Å². The molecule has 0 nitrogen and oxygen atoms in total. The summed E-state index contributed by atoms with van der Waals surface area (Å²) < 4.78 is 0. The maximum atomic E-state index is 3.89. The third-order valence-electron chi connectivity index (χ3n) is 9.29. The fourth-order valence-electron chi connectivity index (χ4n) is 6.37. The Kier molecular flexibility index (Phi) is 9.35. The molecule has 0 aliphatic carbocycles. The Morgan fingerprint density at radius 3 is 0.566 bits per heavy atom. The van der Waals surface area contributed by atoms with Crippen molar-refractivity contribution in [1.82, 2.24) is 0 Å². The maximum Gasteiger partial charge on any atom is 0.0349 e. The molecule has 0 aliphatic heterocycles. The molecule has 5 heterocycles. The largest absolute Gasteiger partial charge is 0.136 e. The molecule has 0 saturated heterocycles. The van der Waals surface area contributed by atoms with E-state index in [0.29, 0.717) is 0 Å². The Labute approximate surface area is 330 Å². The second-order valence-electron chi connectivity index (χ2n) is 12.6. The number of hydrogen-bond acceptors (Lipinski definition) is 5. The van der Waals surface area contributed by atoms with E-state index in [1.165, 1.54) is 93.3 Å². The van der Waals surface area contributed by atoms with Crippen LogP contribution in [0, 0.1) is 0 Å². The van der Waals surface area contributed by atoms with Gasteiger partial charge in [-0.05, 0) is 105 Å². The molecule has 4 aromatic carbocycles. The standard InChI is InChI=1S/C48H32S5/c1-3-39-21-23-41(49-39)31-5-9-33(10-6-31)43-25-27-45(51-43)35-13-17-37(18-14-35)47-29-30-48(53-47)38-19-15-36(16-20-38)46-28-26-44(52-46)34-11-7-32(8-12-34)42-24-22-40(4-2)50-42/h3-30H,1-2H2. The molecular weight excluding hydrogens is 737 g/mol. The summed E-state index contributed by atoms with van der Waals surface area (Å²) >= 11 is 9.08. The van der Waals surface area contributed by atoms with Crippen molar-refractivity contribution in [3.8, 4) is 83.5 Å². The molecule has 0 atom stereocenters. The monoisotopic (exact) mass is 768 g/mol. The van der Waals surface area contributed by atoms with Gasteiger partial charge in [0.1, 0.15) is 0 Å². The van der Waals surface area contributed by atoms with Gasteiger partial charge in [-0.1, -0.05) is 122 Å². The Morgan fingerprint density at radius 2 is 0.396 bits per heavy atom. The van der Waals surface area contributed by atoms with Crippen LogP contribution in [0.5, 0.6) is 0 Å². The van der Waals surface area contributed by atoms with Crippen molar-refractivity contribution in [1.29, 1.82) is 0 Å². The lowest BCUT2D eigenvalue weighted by Crippen LogP contribution is -1.75. The number of rotatable bonds is 10. The molecule has 0 radical (unpaired) electrons.